The molecule has 3 nitrogen and oxygen atoms in total. The van der Waals surface area contributed by atoms with E-state index in [1.807, 2.05) is 0 Å². The van der Waals surface area contributed by atoms with Crippen LogP contribution in [0.5, 0.6) is 0 Å². The molecule has 4 heteroatoms. The molecular weight excluding hydrogens is 266 g/mol. The number of hydrogen-bond acceptors (Lipinski definition) is 3. The van der Waals surface area contributed by atoms with Crippen LogP contribution in [-0.4, -0.2) is 11.5 Å². The molecule has 0 amide bonds. The molecule has 84 valence electrons. The number of hydrogen-bond donors (Lipinski definition) is 1. The molecule has 1 fully saturated rings. The average molecular weight is 280 g/mol. The second kappa shape index (κ2) is 5.31. The van der Waals surface area contributed by atoms with Crippen molar-refractivity contribution in [2.75, 3.05) is 11.9 Å². The highest BCUT2D eigenvalue weighted by Gasteiger charge is 2.15. The standard InChI is InChI=1S/C12H14BrN3/c13-11-5-10(6-14)12(16-8-11)15-7-9-3-1-2-4-9/h5,8-9H,1-4,7H2,(H,15,16). The zero-order valence-corrected chi connectivity index (χ0v) is 10.6. The van der Waals surface area contributed by atoms with Crippen molar-refractivity contribution in [3.8, 4) is 6.07 Å². The van der Waals surface area contributed by atoms with Gasteiger partial charge in [0.2, 0.25) is 0 Å². The van der Waals surface area contributed by atoms with E-state index in [4.69, 9.17) is 5.26 Å². The second-order valence-electron chi connectivity index (χ2n) is 4.19. The summed E-state index contributed by atoms with van der Waals surface area (Å²) < 4.78 is 0.843. The normalized spacial score (nSPS) is 16.0. The van der Waals surface area contributed by atoms with Crippen LogP contribution in [0, 0.1) is 17.2 Å². The van der Waals surface area contributed by atoms with Crippen molar-refractivity contribution >= 4 is 21.7 Å². The molecule has 0 spiro atoms. The van der Waals surface area contributed by atoms with Gasteiger partial charge in [-0.05, 0) is 40.8 Å². The maximum Gasteiger partial charge on any atom is 0.143 e. The molecule has 0 bridgehead atoms. The highest BCUT2D eigenvalue weighted by molar-refractivity contribution is 9.10. The minimum absolute atomic E-state index is 0.604. The molecule has 0 aromatic carbocycles. The third-order valence-corrected chi connectivity index (χ3v) is 3.44. The van der Waals surface area contributed by atoms with Gasteiger partial charge in [-0.15, -0.1) is 0 Å². The molecule has 0 radical (unpaired) electrons. The molecule has 1 aromatic rings. The van der Waals surface area contributed by atoms with Gasteiger partial charge in [0.05, 0.1) is 5.56 Å². The summed E-state index contributed by atoms with van der Waals surface area (Å²) in [6.07, 6.45) is 6.99. The smallest absolute Gasteiger partial charge is 0.143 e. The molecule has 2 rings (SSSR count). The van der Waals surface area contributed by atoms with Gasteiger partial charge in [-0.3, -0.25) is 0 Å². The molecule has 1 aliphatic carbocycles. The van der Waals surface area contributed by atoms with E-state index in [9.17, 15) is 0 Å². The predicted octanol–water partition coefficient (Wildman–Crippen LogP) is 3.32. The van der Waals surface area contributed by atoms with Crippen LogP contribution in [0.1, 0.15) is 31.2 Å². The minimum Gasteiger partial charge on any atom is -0.369 e. The first kappa shape index (κ1) is 11.4. The first-order valence-electron chi connectivity index (χ1n) is 5.59. The van der Waals surface area contributed by atoms with Crippen LogP contribution in [0.2, 0.25) is 0 Å². The molecular formula is C12H14BrN3. The van der Waals surface area contributed by atoms with Gasteiger partial charge in [0.1, 0.15) is 11.9 Å². The molecule has 0 unspecified atom stereocenters. The Morgan fingerprint density at radius 2 is 2.25 bits per heavy atom. The number of aromatic nitrogens is 1. The van der Waals surface area contributed by atoms with Crippen molar-refractivity contribution in [3.63, 3.8) is 0 Å². The SMILES string of the molecule is N#Cc1cc(Br)cnc1NCC1CCCC1. The molecule has 16 heavy (non-hydrogen) atoms. The van der Waals surface area contributed by atoms with Crippen molar-refractivity contribution < 1.29 is 0 Å². The lowest BCUT2D eigenvalue weighted by molar-refractivity contribution is 0.579. The van der Waals surface area contributed by atoms with E-state index < -0.39 is 0 Å². The Hall–Kier alpha value is -1.08. The number of nitriles is 1. The third kappa shape index (κ3) is 2.73. The van der Waals surface area contributed by atoms with Crippen molar-refractivity contribution in [1.29, 1.82) is 5.26 Å². The molecule has 1 aromatic heterocycles. The van der Waals surface area contributed by atoms with Crippen molar-refractivity contribution in [2.24, 2.45) is 5.92 Å². The number of rotatable bonds is 3. The summed E-state index contributed by atoms with van der Waals surface area (Å²) >= 11 is 3.31. The lowest BCUT2D eigenvalue weighted by atomic mass is 10.1. The topological polar surface area (TPSA) is 48.7 Å². The summed E-state index contributed by atoms with van der Waals surface area (Å²) in [6.45, 7) is 0.934. The fourth-order valence-corrected chi connectivity index (χ4v) is 2.45. The lowest BCUT2D eigenvalue weighted by Gasteiger charge is -2.11. The van der Waals surface area contributed by atoms with Gasteiger partial charge in [0.15, 0.2) is 0 Å². The molecule has 1 N–H and O–H groups in total. The van der Waals surface area contributed by atoms with Crippen molar-refractivity contribution in [2.45, 2.75) is 25.7 Å². The highest BCUT2D eigenvalue weighted by Crippen LogP contribution is 2.25. The predicted molar refractivity (Wildman–Crippen MR) is 67.1 cm³/mol. The van der Waals surface area contributed by atoms with Crippen LogP contribution in [0.25, 0.3) is 0 Å². The summed E-state index contributed by atoms with van der Waals surface area (Å²) in [6, 6.07) is 3.95. The third-order valence-electron chi connectivity index (χ3n) is 3.01. The van der Waals surface area contributed by atoms with E-state index in [-0.39, 0.29) is 0 Å². The first-order chi connectivity index (χ1) is 7.79. The molecule has 1 saturated carbocycles. The van der Waals surface area contributed by atoms with Gasteiger partial charge in [0.25, 0.3) is 0 Å². The molecule has 0 aliphatic heterocycles. The Labute approximate surface area is 104 Å². The largest absolute Gasteiger partial charge is 0.369 e. The molecule has 1 aliphatic rings. The molecule has 0 saturated heterocycles. The van der Waals surface area contributed by atoms with Gasteiger partial charge >= 0.3 is 0 Å². The highest BCUT2D eigenvalue weighted by atomic mass is 79.9. The summed E-state index contributed by atoms with van der Waals surface area (Å²) in [4.78, 5) is 4.23. The van der Waals surface area contributed by atoms with Gasteiger partial charge in [-0.25, -0.2) is 4.98 Å². The zero-order chi connectivity index (χ0) is 11.4. The Morgan fingerprint density at radius 3 is 2.94 bits per heavy atom. The summed E-state index contributed by atoms with van der Waals surface area (Å²) in [7, 11) is 0. The average Bonchev–Trinajstić information content (AvgIpc) is 2.80. The second-order valence-corrected chi connectivity index (χ2v) is 5.11. The van der Waals surface area contributed by atoms with E-state index >= 15 is 0 Å². The van der Waals surface area contributed by atoms with Crippen LogP contribution in [0.15, 0.2) is 16.7 Å². The van der Waals surface area contributed by atoms with Gasteiger partial charge in [-0.1, -0.05) is 12.8 Å². The van der Waals surface area contributed by atoms with Crippen LogP contribution < -0.4 is 5.32 Å². The zero-order valence-electron chi connectivity index (χ0n) is 9.04. The number of nitrogens with zero attached hydrogens (tertiary/aromatic N) is 2. The molecule has 1 heterocycles. The summed E-state index contributed by atoms with van der Waals surface area (Å²) in [5.41, 5.74) is 0.604. The van der Waals surface area contributed by atoms with E-state index in [0.717, 1.165) is 16.9 Å². The number of anilines is 1. The Kier molecular flexibility index (Phi) is 3.79. The fourth-order valence-electron chi connectivity index (χ4n) is 2.12. The maximum absolute atomic E-state index is 8.98. The van der Waals surface area contributed by atoms with Gasteiger partial charge in [-0.2, -0.15) is 5.26 Å². The fraction of sp³-hybridized carbons (Fsp3) is 0.500. The monoisotopic (exact) mass is 279 g/mol. The summed E-state index contributed by atoms with van der Waals surface area (Å²) in [5, 5.41) is 12.3. The number of nitrogens with one attached hydrogen (secondary N) is 1. The van der Waals surface area contributed by atoms with Crippen LogP contribution in [0.3, 0.4) is 0 Å². The number of pyridine rings is 1. The van der Waals surface area contributed by atoms with Crippen LogP contribution in [0.4, 0.5) is 5.82 Å². The van der Waals surface area contributed by atoms with Crippen LogP contribution >= 0.6 is 15.9 Å². The quantitative estimate of drug-likeness (QED) is 0.924. The van der Waals surface area contributed by atoms with Gasteiger partial charge in [0, 0.05) is 17.2 Å². The van der Waals surface area contributed by atoms with E-state index in [0.29, 0.717) is 11.4 Å². The first-order valence-corrected chi connectivity index (χ1v) is 6.38. The maximum atomic E-state index is 8.98. The molecule has 0 atom stereocenters. The van der Waals surface area contributed by atoms with E-state index in [1.165, 1.54) is 25.7 Å². The Morgan fingerprint density at radius 1 is 1.50 bits per heavy atom. The lowest BCUT2D eigenvalue weighted by Crippen LogP contribution is -2.12. The Bertz CT molecular complexity index is 405. The van der Waals surface area contributed by atoms with Crippen molar-refractivity contribution in [3.05, 3.63) is 22.3 Å². The van der Waals surface area contributed by atoms with E-state index in [2.05, 4.69) is 32.3 Å². The summed E-state index contributed by atoms with van der Waals surface area (Å²) in [5.74, 6) is 1.45. The van der Waals surface area contributed by atoms with Crippen LogP contribution in [-0.2, 0) is 0 Å². The number of halogens is 1. The van der Waals surface area contributed by atoms with Gasteiger partial charge < -0.3 is 5.32 Å². The van der Waals surface area contributed by atoms with E-state index in [1.54, 1.807) is 12.3 Å². The van der Waals surface area contributed by atoms with Crippen molar-refractivity contribution in [1.82, 2.24) is 4.98 Å². The minimum atomic E-state index is 0.604. The Balaban J connectivity index is 2.00.